The van der Waals surface area contributed by atoms with Crippen molar-refractivity contribution in [3.05, 3.63) is 47.9 Å². The lowest BCUT2D eigenvalue weighted by atomic mass is 10.0. The molecule has 0 aliphatic carbocycles. The molecule has 4 heterocycles. The number of furan rings is 1. The lowest BCUT2D eigenvalue weighted by Crippen LogP contribution is -2.53. The van der Waals surface area contributed by atoms with Crippen molar-refractivity contribution in [2.75, 3.05) is 32.2 Å². The van der Waals surface area contributed by atoms with Crippen LogP contribution in [0.1, 0.15) is 33.8 Å². The monoisotopic (exact) mass is 400 g/mol. The number of amides is 2. The lowest BCUT2D eigenvalue weighted by molar-refractivity contribution is 0.0477. The Hall–Kier alpha value is -2.61. The molecule has 8 heteroatoms. The van der Waals surface area contributed by atoms with E-state index in [0.29, 0.717) is 42.5 Å². The maximum atomic E-state index is 12.9. The molecule has 2 fully saturated rings. The standard InChI is InChI=1S/C20H20N2O5S/c23-18(14-3-4-15-17(12-14)27-13-26-15)21-7-5-20(6-8-21)22(9-11-28-20)19(24)16-2-1-10-25-16/h1-4,10,12H,5-9,11,13H2. The maximum Gasteiger partial charge on any atom is 0.290 e. The number of fused-ring (bicyclic) bond motifs is 1. The van der Waals surface area contributed by atoms with Crippen LogP contribution in [0.15, 0.2) is 41.0 Å². The molecule has 3 aliphatic rings. The van der Waals surface area contributed by atoms with Crippen LogP contribution in [0.4, 0.5) is 0 Å². The van der Waals surface area contributed by atoms with Crippen LogP contribution in [0.2, 0.25) is 0 Å². The molecule has 28 heavy (non-hydrogen) atoms. The Morgan fingerprint density at radius 3 is 2.61 bits per heavy atom. The minimum atomic E-state index is -0.254. The van der Waals surface area contributed by atoms with Crippen LogP contribution in [0, 0.1) is 0 Å². The zero-order valence-corrected chi connectivity index (χ0v) is 16.1. The number of hydrogen-bond donors (Lipinski definition) is 0. The molecule has 0 atom stereocenters. The number of benzene rings is 1. The van der Waals surface area contributed by atoms with Gasteiger partial charge >= 0.3 is 0 Å². The summed E-state index contributed by atoms with van der Waals surface area (Å²) in [5.41, 5.74) is 0.600. The van der Waals surface area contributed by atoms with Crippen molar-refractivity contribution >= 4 is 23.6 Å². The third-order valence-electron chi connectivity index (χ3n) is 5.61. The molecule has 1 aromatic heterocycles. The van der Waals surface area contributed by atoms with Gasteiger partial charge in [-0.15, -0.1) is 11.8 Å². The van der Waals surface area contributed by atoms with Crippen LogP contribution in [-0.2, 0) is 0 Å². The van der Waals surface area contributed by atoms with Crippen molar-refractivity contribution in [2.24, 2.45) is 0 Å². The molecule has 2 aromatic rings. The van der Waals surface area contributed by atoms with E-state index >= 15 is 0 Å². The fraction of sp³-hybridized carbons (Fsp3) is 0.400. The van der Waals surface area contributed by atoms with E-state index in [-0.39, 0.29) is 23.5 Å². The highest BCUT2D eigenvalue weighted by Crippen LogP contribution is 2.45. The van der Waals surface area contributed by atoms with Crippen molar-refractivity contribution in [2.45, 2.75) is 17.7 Å². The number of ether oxygens (including phenoxy) is 2. The van der Waals surface area contributed by atoms with Crippen LogP contribution in [0.5, 0.6) is 11.5 Å². The van der Waals surface area contributed by atoms with E-state index in [1.807, 2.05) is 21.6 Å². The van der Waals surface area contributed by atoms with Gasteiger partial charge in [-0.3, -0.25) is 9.59 Å². The van der Waals surface area contributed by atoms with Crippen molar-refractivity contribution in [3.8, 4) is 11.5 Å². The van der Waals surface area contributed by atoms with E-state index in [1.54, 1.807) is 30.3 Å². The summed E-state index contributed by atoms with van der Waals surface area (Å²) < 4.78 is 16.0. The predicted octanol–water partition coefficient (Wildman–Crippen LogP) is 2.83. The Kier molecular flexibility index (Phi) is 4.23. The molecule has 0 radical (unpaired) electrons. The molecule has 1 spiro atoms. The second kappa shape index (κ2) is 6.77. The second-order valence-corrected chi connectivity index (χ2v) is 8.55. The summed E-state index contributed by atoms with van der Waals surface area (Å²) in [4.78, 5) is 29.3. The zero-order chi connectivity index (χ0) is 19.1. The number of nitrogens with zero attached hydrogens (tertiary/aromatic N) is 2. The van der Waals surface area contributed by atoms with E-state index in [0.717, 1.165) is 18.6 Å². The van der Waals surface area contributed by atoms with Crippen molar-refractivity contribution in [1.82, 2.24) is 9.80 Å². The lowest BCUT2D eigenvalue weighted by Gasteiger charge is -2.43. The second-order valence-electron chi connectivity index (χ2n) is 7.09. The van der Waals surface area contributed by atoms with E-state index in [4.69, 9.17) is 13.9 Å². The van der Waals surface area contributed by atoms with Crippen molar-refractivity contribution < 1.29 is 23.5 Å². The van der Waals surface area contributed by atoms with Gasteiger partial charge in [-0.25, -0.2) is 0 Å². The largest absolute Gasteiger partial charge is 0.459 e. The quantitative estimate of drug-likeness (QED) is 0.772. The number of thioether (sulfide) groups is 1. The molecule has 1 aromatic carbocycles. The summed E-state index contributed by atoms with van der Waals surface area (Å²) >= 11 is 1.81. The van der Waals surface area contributed by atoms with Gasteiger partial charge in [0.15, 0.2) is 17.3 Å². The van der Waals surface area contributed by atoms with Crippen LogP contribution in [0.3, 0.4) is 0 Å². The fourth-order valence-electron chi connectivity index (χ4n) is 4.11. The first-order chi connectivity index (χ1) is 13.7. The average molecular weight is 400 g/mol. The first kappa shape index (κ1) is 17.5. The zero-order valence-electron chi connectivity index (χ0n) is 15.3. The number of carbonyl (C=O) groups excluding carboxylic acids is 2. The highest BCUT2D eigenvalue weighted by molar-refractivity contribution is 8.00. The Balaban J connectivity index is 1.29. The van der Waals surface area contributed by atoms with Crippen LogP contribution < -0.4 is 9.47 Å². The molecule has 5 rings (SSSR count). The molecular weight excluding hydrogens is 380 g/mol. The SMILES string of the molecule is O=C(c1ccc2c(c1)OCO2)N1CCC2(CC1)SCCN2C(=O)c1ccco1. The average Bonchev–Trinajstić information content (AvgIpc) is 3.48. The van der Waals surface area contributed by atoms with Crippen LogP contribution in [-0.4, -0.2) is 58.7 Å². The Bertz CT molecular complexity index is 905. The number of hydrogen-bond acceptors (Lipinski definition) is 6. The van der Waals surface area contributed by atoms with Gasteiger partial charge in [-0.2, -0.15) is 0 Å². The molecule has 0 bridgehead atoms. The van der Waals surface area contributed by atoms with Crippen molar-refractivity contribution in [1.29, 1.82) is 0 Å². The van der Waals surface area contributed by atoms with Gasteiger partial charge in [0.2, 0.25) is 6.79 Å². The Morgan fingerprint density at radius 1 is 1.00 bits per heavy atom. The normalized spacial score (nSPS) is 20.0. The molecule has 7 nitrogen and oxygen atoms in total. The number of piperidine rings is 1. The van der Waals surface area contributed by atoms with E-state index < -0.39 is 0 Å². The molecule has 0 unspecified atom stereocenters. The summed E-state index contributed by atoms with van der Waals surface area (Å²) in [6.07, 6.45) is 3.02. The number of carbonyl (C=O) groups is 2. The van der Waals surface area contributed by atoms with E-state index in [9.17, 15) is 9.59 Å². The fourth-order valence-corrected chi connectivity index (χ4v) is 5.57. The summed E-state index contributed by atoms with van der Waals surface area (Å²) in [5.74, 6) is 2.48. The van der Waals surface area contributed by atoms with Crippen LogP contribution in [0.25, 0.3) is 0 Å². The molecule has 0 N–H and O–H groups in total. The molecule has 146 valence electrons. The highest BCUT2D eigenvalue weighted by atomic mass is 32.2. The van der Waals surface area contributed by atoms with Gasteiger partial charge in [0.1, 0.15) is 0 Å². The minimum absolute atomic E-state index is 0.0138. The summed E-state index contributed by atoms with van der Waals surface area (Å²) in [5, 5.41) is 0. The van der Waals surface area contributed by atoms with E-state index in [1.165, 1.54) is 6.26 Å². The van der Waals surface area contributed by atoms with Gasteiger partial charge < -0.3 is 23.7 Å². The van der Waals surface area contributed by atoms with Gasteiger partial charge in [0.05, 0.1) is 11.1 Å². The number of likely N-dealkylation sites (tertiary alicyclic amines) is 1. The topological polar surface area (TPSA) is 72.2 Å². The first-order valence-corrected chi connectivity index (χ1v) is 10.3. The number of rotatable bonds is 2. The molecule has 0 saturated carbocycles. The van der Waals surface area contributed by atoms with Gasteiger partial charge in [0, 0.05) is 31.0 Å². The Labute approximate surface area is 166 Å². The van der Waals surface area contributed by atoms with Crippen molar-refractivity contribution in [3.63, 3.8) is 0 Å². The Morgan fingerprint density at radius 2 is 1.82 bits per heavy atom. The van der Waals surface area contributed by atoms with Crippen LogP contribution >= 0.6 is 11.8 Å². The molecule has 2 saturated heterocycles. The molecule has 2 amide bonds. The summed E-state index contributed by atoms with van der Waals surface area (Å²) in [6, 6.07) is 8.73. The summed E-state index contributed by atoms with van der Waals surface area (Å²) in [6.45, 7) is 2.13. The smallest absolute Gasteiger partial charge is 0.290 e. The third-order valence-corrected chi connectivity index (χ3v) is 7.16. The van der Waals surface area contributed by atoms with Gasteiger partial charge in [-0.1, -0.05) is 0 Å². The molecule has 3 aliphatic heterocycles. The third kappa shape index (κ3) is 2.83. The first-order valence-electron chi connectivity index (χ1n) is 9.35. The minimum Gasteiger partial charge on any atom is -0.459 e. The van der Waals surface area contributed by atoms with Gasteiger partial charge in [-0.05, 0) is 43.2 Å². The highest BCUT2D eigenvalue weighted by Gasteiger charge is 2.47. The predicted molar refractivity (Wildman–Crippen MR) is 103 cm³/mol. The van der Waals surface area contributed by atoms with E-state index in [2.05, 4.69) is 0 Å². The molecular formula is C20H20N2O5S. The maximum absolute atomic E-state index is 12.9. The summed E-state index contributed by atoms with van der Waals surface area (Å²) in [7, 11) is 0. The van der Waals surface area contributed by atoms with Gasteiger partial charge in [0.25, 0.3) is 11.8 Å².